The number of aromatic nitrogens is 2. The van der Waals surface area contributed by atoms with Crippen LogP contribution in [0.15, 0.2) is 67.1 Å². The first kappa shape index (κ1) is 29.4. The maximum Gasteiger partial charge on any atom is 0.416 e. The molecule has 2 heterocycles. The monoisotopic (exact) mass is 566 g/mol. The van der Waals surface area contributed by atoms with E-state index in [2.05, 4.69) is 15.3 Å². The Labute approximate surface area is 236 Å². The number of halogens is 3. The second-order valence-electron chi connectivity index (χ2n) is 10.1. The molecule has 0 bridgehead atoms. The summed E-state index contributed by atoms with van der Waals surface area (Å²) in [5, 5.41) is 4.80. The van der Waals surface area contributed by atoms with Crippen LogP contribution in [0.2, 0.25) is 0 Å². The topological polar surface area (TPSA) is 120 Å². The number of hydrogen-bond donors (Lipinski definition) is 4. The lowest BCUT2D eigenvalue weighted by molar-refractivity contribution is -0.137. The number of hydrazine groups is 1. The molecule has 0 saturated heterocycles. The van der Waals surface area contributed by atoms with Crippen LogP contribution in [0.5, 0.6) is 0 Å². The first-order chi connectivity index (χ1) is 19.3. The summed E-state index contributed by atoms with van der Waals surface area (Å²) in [6.07, 6.45) is 0.334. The molecule has 4 aromatic rings. The van der Waals surface area contributed by atoms with E-state index < -0.39 is 17.6 Å². The normalized spacial score (nSPS) is 12.2. The highest BCUT2D eigenvalue weighted by Gasteiger charge is 2.32. The number of aryl methyl sites for hydroxylation is 1. The first-order valence-electron chi connectivity index (χ1n) is 12.8. The lowest BCUT2D eigenvalue weighted by atomic mass is 10.1. The van der Waals surface area contributed by atoms with E-state index in [9.17, 15) is 18.0 Å². The number of likely N-dealkylation sites (N-methyl/N-ethyl adjacent to an activating group) is 2. The molecule has 0 aliphatic rings. The Kier molecular flexibility index (Phi) is 8.55. The van der Waals surface area contributed by atoms with Crippen molar-refractivity contribution in [3.05, 3.63) is 89.4 Å². The number of alkyl halides is 3. The minimum Gasteiger partial charge on any atom is -0.397 e. The van der Waals surface area contributed by atoms with Gasteiger partial charge in [-0.1, -0.05) is 6.07 Å². The third-order valence-corrected chi connectivity index (χ3v) is 6.59. The third kappa shape index (κ3) is 7.16. The molecule has 0 aliphatic heterocycles. The van der Waals surface area contributed by atoms with E-state index in [1.807, 2.05) is 38.1 Å². The summed E-state index contributed by atoms with van der Waals surface area (Å²) in [6, 6.07) is 12.1. The molecule has 0 aliphatic carbocycles. The second kappa shape index (κ2) is 11.9. The number of nitrogens with zero attached hydrogens (tertiary/aromatic N) is 4. The van der Waals surface area contributed by atoms with Gasteiger partial charge in [0, 0.05) is 66.6 Å². The van der Waals surface area contributed by atoms with Crippen LogP contribution < -0.4 is 26.8 Å². The minimum absolute atomic E-state index is 0.0278. The maximum absolute atomic E-state index is 13.7. The van der Waals surface area contributed by atoms with E-state index in [1.165, 1.54) is 17.3 Å². The molecule has 12 heteroatoms. The summed E-state index contributed by atoms with van der Waals surface area (Å²) >= 11 is 0. The molecule has 2 aromatic carbocycles. The SMILES string of the molecule is Cc1ccc(C(=O)Nc2cc(N(C)CCN(C)C)cc(C(F)(F)F)c2)cc1N(N)/C=C(\N)c1cnc2[nH]ccc2c1. The van der Waals surface area contributed by atoms with Crippen LogP contribution in [-0.4, -0.2) is 55.0 Å². The van der Waals surface area contributed by atoms with Gasteiger partial charge < -0.3 is 25.8 Å². The van der Waals surface area contributed by atoms with Crippen LogP contribution in [0.25, 0.3) is 16.7 Å². The fourth-order valence-corrected chi connectivity index (χ4v) is 4.17. The number of carbonyl (C=O) groups excluding carboxylic acids is 1. The van der Waals surface area contributed by atoms with Crippen molar-refractivity contribution in [1.29, 1.82) is 0 Å². The molecule has 6 N–H and O–H groups in total. The van der Waals surface area contributed by atoms with E-state index in [-0.39, 0.29) is 11.3 Å². The van der Waals surface area contributed by atoms with Crippen LogP contribution in [0.3, 0.4) is 0 Å². The van der Waals surface area contributed by atoms with Gasteiger partial charge in [0.1, 0.15) is 5.65 Å². The Hall–Kier alpha value is -4.55. The number of anilines is 3. The predicted octanol–water partition coefficient (Wildman–Crippen LogP) is 4.78. The maximum atomic E-state index is 13.7. The molecule has 0 spiro atoms. The van der Waals surface area contributed by atoms with E-state index in [0.29, 0.717) is 35.7 Å². The lowest BCUT2D eigenvalue weighted by Crippen LogP contribution is -2.28. The number of nitrogens with one attached hydrogen (secondary N) is 2. The van der Waals surface area contributed by atoms with Gasteiger partial charge in [0.05, 0.1) is 16.9 Å². The molecular weight excluding hydrogens is 533 g/mol. The lowest BCUT2D eigenvalue weighted by Gasteiger charge is -2.23. The van der Waals surface area contributed by atoms with Crippen LogP contribution >= 0.6 is 0 Å². The van der Waals surface area contributed by atoms with Gasteiger partial charge in [-0.2, -0.15) is 13.2 Å². The van der Waals surface area contributed by atoms with Crippen LogP contribution in [0.1, 0.15) is 27.0 Å². The third-order valence-electron chi connectivity index (χ3n) is 6.59. The highest BCUT2D eigenvalue weighted by Crippen LogP contribution is 2.34. The zero-order valence-corrected chi connectivity index (χ0v) is 23.3. The number of nitrogens with two attached hydrogens (primary N) is 2. The van der Waals surface area contributed by atoms with E-state index in [4.69, 9.17) is 11.6 Å². The Morgan fingerprint density at radius 1 is 1.05 bits per heavy atom. The molecule has 4 rings (SSSR count). The van der Waals surface area contributed by atoms with Crippen molar-refractivity contribution in [3.63, 3.8) is 0 Å². The van der Waals surface area contributed by atoms with E-state index in [1.54, 1.807) is 42.5 Å². The average Bonchev–Trinajstić information content (AvgIpc) is 3.39. The van der Waals surface area contributed by atoms with Gasteiger partial charge in [0.15, 0.2) is 0 Å². The first-order valence-corrected chi connectivity index (χ1v) is 12.8. The molecule has 2 aromatic heterocycles. The molecular formula is C29H33F3N8O. The van der Waals surface area contributed by atoms with Crippen molar-refractivity contribution in [1.82, 2.24) is 14.9 Å². The van der Waals surface area contributed by atoms with Crippen molar-refractivity contribution in [2.24, 2.45) is 11.6 Å². The van der Waals surface area contributed by atoms with Gasteiger partial charge in [-0.3, -0.25) is 9.80 Å². The van der Waals surface area contributed by atoms with Gasteiger partial charge in [-0.25, -0.2) is 10.8 Å². The van der Waals surface area contributed by atoms with Crippen molar-refractivity contribution in [2.75, 3.05) is 49.5 Å². The highest BCUT2D eigenvalue weighted by molar-refractivity contribution is 6.05. The smallest absolute Gasteiger partial charge is 0.397 e. The predicted molar refractivity (Wildman–Crippen MR) is 157 cm³/mol. The summed E-state index contributed by atoms with van der Waals surface area (Å²) in [5.74, 6) is 5.72. The Morgan fingerprint density at radius 2 is 1.80 bits per heavy atom. The molecule has 0 unspecified atom stereocenters. The number of pyridine rings is 1. The van der Waals surface area contributed by atoms with Crippen molar-refractivity contribution in [2.45, 2.75) is 13.1 Å². The van der Waals surface area contributed by atoms with Gasteiger partial charge in [0.25, 0.3) is 5.91 Å². The summed E-state index contributed by atoms with van der Waals surface area (Å²) in [5.41, 5.74) is 9.00. The number of carbonyl (C=O) groups is 1. The van der Waals surface area contributed by atoms with E-state index in [0.717, 1.165) is 28.7 Å². The Morgan fingerprint density at radius 3 is 2.51 bits per heavy atom. The number of fused-ring (bicyclic) bond motifs is 1. The van der Waals surface area contributed by atoms with Gasteiger partial charge in [0.2, 0.25) is 0 Å². The molecule has 1 amide bonds. The molecule has 0 saturated carbocycles. The summed E-state index contributed by atoms with van der Waals surface area (Å²) in [7, 11) is 5.47. The second-order valence-corrected chi connectivity index (χ2v) is 10.1. The fraction of sp³-hybridized carbons (Fsp3) is 0.241. The molecule has 9 nitrogen and oxygen atoms in total. The largest absolute Gasteiger partial charge is 0.416 e. The Bertz CT molecular complexity index is 1580. The van der Waals surface area contributed by atoms with E-state index >= 15 is 0 Å². The molecule has 0 atom stereocenters. The fourth-order valence-electron chi connectivity index (χ4n) is 4.17. The minimum atomic E-state index is -4.58. The van der Waals surface area contributed by atoms with Gasteiger partial charge in [-0.15, -0.1) is 0 Å². The van der Waals surface area contributed by atoms with Crippen molar-refractivity contribution in [3.8, 4) is 0 Å². The standard InChI is InChI=1S/C29H33F3N8O/c1-18-5-6-20(12-26(18)40(34)17-25(33)21-11-19-7-8-35-27(19)36-16-21)28(41)37-23-13-22(29(30,31)32)14-24(15-23)39(4)10-9-38(2)3/h5-8,11-17H,9-10,33-34H2,1-4H3,(H,35,36)(H,37,41)/b25-17-. The number of amides is 1. The number of aromatic amines is 1. The van der Waals surface area contributed by atoms with Crippen LogP contribution in [-0.2, 0) is 6.18 Å². The molecule has 0 radical (unpaired) electrons. The number of hydrogen-bond acceptors (Lipinski definition) is 7. The Balaban J connectivity index is 1.58. The number of H-pyrrole nitrogens is 1. The van der Waals surface area contributed by atoms with Gasteiger partial charge >= 0.3 is 6.18 Å². The average molecular weight is 567 g/mol. The summed E-state index contributed by atoms with van der Waals surface area (Å²) < 4.78 is 41.0. The van der Waals surface area contributed by atoms with Crippen LogP contribution in [0, 0.1) is 6.92 Å². The molecule has 216 valence electrons. The zero-order chi connectivity index (χ0) is 29.9. The zero-order valence-electron chi connectivity index (χ0n) is 23.3. The summed E-state index contributed by atoms with van der Waals surface area (Å²) in [6.45, 7) is 2.96. The van der Waals surface area contributed by atoms with Crippen molar-refractivity contribution < 1.29 is 18.0 Å². The number of benzene rings is 2. The summed E-state index contributed by atoms with van der Waals surface area (Å²) in [4.78, 5) is 24.2. The van der Waals surface area contributed by atoms with Crippen molar-refractivity contribution >= 4 is 39.7 Å². The highest BCUT2D eigenvalue weighted by atomic mass is 19.4. The molecule has 0 fully saturated rings. The molecule has 41 heavy (non-hydrogen) atoms. The quantitative estimate of drug-likeness (QED) is 0.170. The van der Waals surface area contributed by atoms with Gasteiger partial charge in [-0.05, 0) is 69.0 Å². The van der Waals surface area contributed by atoms with Crippen LogP contribution in [0.4, 0.5) is 30.2 Å². The number of rotatable bonds is 9.